The Labute approximate surface area is 169 Å². The summed E-state index contributed by atoms with van der Waals surface area (Å²) < 4.78 is 5.75. The third-order valence-corrected chi connectivity index (χ3v) is 4.84. The number of hydrogen-bond acceptors (Lipinski definition) is 5. The molecule has 0 radical (unpaired) electrons. The highest BCUT2D eigenvalue weighted by atomic mass is 35.5. The smallest absolute Gasteiger partial charge is 0.270 e. The van der Waals surface area contributed by atoms with Gasteiger partial charge in [0.1, 0.15) is 24.0 Å². The lowest BCUT2D eigenvalue weighted by Crippen LogP contribution is -2.14. The molecule has 0 bridgehead atoms. The number of aromatic nitrogens is 2. The first kappa shape index (κ1) is 19.3. The van der Waals surface area contributed by atoms with Crippen LogP contribution >= 0.6 is 35.0 Å². The highest BCUT2D eigenvalue weighted by Crippen LogP contribution is 2.31. The number of nitrogens with one attached hydrogen (secondary N) is 1. The van der Waals surface area contributed by atoms with Crippen molar-refractivity contribution >= 4 is 35.0 Å². The highest BCUT2D eigenvalue weighted by molar-refractivity contribution is 7.98. The molecule has 8 heteroatoms. The Hall–Kier alpha value is -2.46. The lowest BCUT2D eigenvalue weighted by molar-refractivity contribution is 0.306. The van der Waals surface area contributed by atoms with Crippen LogP contribution in [0, 0.1) is 11.3 Å². The minimum atomic E-state index is -0.481. The van der Waals surface area contributed by atoms with Gasteiger partial charge in [-0.1, -0.05) is 47.1 Å². The summed E-state index contributed by atoms with van der Waals surface area (Å²) in [5.74, 6) is 0.490. The fraction of sp³-hybridized carbons (Fsp3) is 0.105. The van der Waals surface area contributed by atoms with Crippen molar-refractivity contribution in [3.8, 4) is 23.1 Å². The summed E-state index contributed by atoms with van der Waals surface area (Å²) in [5, 5.41) is 10.7. The standard InChI is InChI=1S/C19H13Cl2N3O2S/c1-27-19-23-17(14(9-22)18(25)24-19)12-4-7-16(15(21)8-12)26-10-11-2-5-13(20)6-3-11/h2-8H,10H2,1H3,(H,23,24,25). The summed E-state index contributed by atoms with van der Waals surface area (Å²) in [6, 6.07) is 14.3. The average molecular weight is 418 g/mol. The molecule has 0 fully saturated rings. The van der Waals surface area contributed by atoms with Gasteiger partial charge in [-0.2, -0.15) is 5.26 Å². The maximum absolute atomic E-state index is 12.1. The Morgan fingerprint density at radius 2 is 1.96 bits per heavy atom. The molecular weight excluding hydrogens is 405 g/mol. The zero-order valence-corrected chi connectivity index (χ0v) is 16.5. The van der Waals surface area contributed by atoms with E-state index in [9.17, 15) is 10.1 Å². The maximum Gasteiger partial charge on any atom is 0.270 e. The van der Waals surface area contributed by atoms with Gasteiger partial charge >= 0.3 is 0 Å². The third kappa shape index (κ3) is 4.45. The first-order valence-corrected chi connectivity index (χ1v) is 9.75. The molecule has 1 aromatic heterocycles. The van der Waals surface area contributed by atoms with Gasteiger partial charge in [-0.25, -0.2) is 4.98 Å². The molecular formula is C19H13Cl2N3O2S. The van der Waals surface area contributed by atoms with Crippen LogP contribution in [0.25, 0.3) is 11.3 Å². The van der Waals surface area contributed by atoms with E-state index in [0.717, 1.165) is 5.56 Å². The monoisotopic (exact) mass is 417 g/mol. The summed E-state index contributed by atoms with van der Waals surface area (Å²) in [5.41, 5.74) is 1.27. The Morgan fingerprint density at radius 1 is 1.22 bits per heavy atom. The average Bonchev–Trinajstić information content (AvgIpc) is 2.67. The van der Waals surface area contributed by atoms with Crippen molar-refractivity contribution in [2.45, 2.75) is 11.8 Å². The fourth-order valence-electron chi connectivity index (χ4n) is 2.37. The molecule has 2 aromatic carbocycles. The molecule has 1 heterocycles. The maximum atomic E-state index is 12.1. The second-order valence-corrected chi connectivity index (χ2v) is 7.11. The molecule has 0 aliphatic heterocycles. The van der Waals surface area contributed by atoms with E-state index in [2.05, 4.69) is 9.97 Å². The number of aromatic amines is 1. The van der Waals surface area contributed by atoms with Crippen molar-refractivity contribution in [2.24, 2.45) is 0 Å². The molecule has 3 aromatic rings. The van der Waals surface area contributed by atoms with E-state index in [0.29, 0.717) is 33.1 Å². The lowest BCUT2D eigenvalue weighted by atomic mass is 10.1. The number of nitriles is 1. The molecule has 1 N–H and O–H groups in total. The lowest BCUT2D eigenvalue weighted by Gasteiger charge is -2.10. The van der Waals surface area contributed by atoms with E-state index in [4.69, 9.17) is 27.9 Å². The van der Waals surface area contributed by atoms with Crippen molar-refractivity contribution in [1.82, 2.24) is 9.97 Å². The highest BCUT2D eigenvalue weighted by Gasteiger charge is 2.15. The zero-order valence-electron chi connectivity index (χ0n) is 14.1. The number of thioether (sulfide) groups is 1. The Kier molecular flexibility index (Phi) is 6.07. The topological polar surface area (TPSA) is 78.8 Å². The quantitative estimate of drug-likeness (QED) is 0.470. The number of rotatable bonds is 5. The van der Waals surface area contributed by atoms with Crippen LogP contribution in [0.3, 0.4) is 0 Å². The summed E-state index contributed by atoms with van der Waals surface area (Å²) in [4.78, 5) is 19.0. The summed E-state index contributed by atoms with van der Waals surface area (Å²) in [6.45, 7) is 0.333. The van der Waals surface area contributed by atoms with Crippen molar-refractivity contribution in [2.75, 3.05) is 6.26 Å². The van der Waals surface area contributed by atoms with Crippen LogP contribution in [0.15, 0.2) is 52.4 Å². The van der Waals surface area contributed by atoms with Crippen molar-refractivity contribution < 1.29 is 4.74 Å². The molecule has 0 unspecified atom stereocenters. The summed E-state index contributed by atoms with van der Waals surface area (Å²) in [6.07, 6.45) is 1.79. The molecule has 27 heavy (non-hydrogen) atoms. The van der Waals surface area contributed by atoms with E-state index < -0.39 is 5.56 Å². The zero-order chi connectivity index (χ0) is 19.4. The van der Waals surface area contributed by atoms with Gasteiger partial charge in [0.05, 0.1) is 10.7 Å². The van der Waals surface area contributed by atoms with Crippen molar-refractivity contribution in [1.29, 1.82) is 5.26 Å². The van der Waals surface area contributed by atoms with E-state index in [1.807, 2.05) is 18.2 Å². The first-order valence-electron chi connectivity index (χ1n) is 7.77. The van der Waals surface area contributed by atoms with Gasteiger partial charge in [-0.15, -0.1) is 0 Å². The second kappa shape index (κ2) is 8.49. The predicted molar refractivity (Wildman–Crippen MR) is 108 cm³/mol. The number of nitrogens with zero attached hydrogens (tertiary/aromatic N) is 2. The minimum absolute atomic E-state index is 0.0568. The van der Waals surface area contributed by atoms with Gasteiger partial charge in [-0.3, -0.25) is 4.79 Å². The largest absolute Gasteiger partial charge is 0.487 e. The molecule has 0 spiro atoms. The molecule has 0 saturated heterocycles. The van der Waals surface area contributed by atoms with Crippen LogP contribution in [-0.2, 0) is 6.61 Å². The van der Waals surface area contributed by atoms with Crippen molar-refractivity contribution in [3.63, 3.8) is 0 Å². The van der Waals surface area contributed by atoms with Crippen LogP contribution < -0.4 is 10.3 Å². The molecule has 0 saturated carbocycles. The number of hydrogen-bond donors (Lipinski definition) is 1. The SMILES string of the molecule is CSc1nc(-c2ccc(OCc3ccc(Cl)cc3)c(Cl)c2)c(C#N)c(=O)[nH]1. The van der Waals surface area contributed by atoms with E-state index in [1.165, 1.54) is 11.8 Å². The van der Waals surface area contributed by atoms with Gasteiger partial charge in [-0.05, 0) is 42.2 Å². The molecule has 0 aliphatic rings. The van der Waals surface area contributed by atoms with Crippen LogP contribution in [0.5, 0.6) is 5.75 Å². The summed E-state index contributed by atoms with van der Waals surface area (Å²) in [7, 11) is 0. The number of H-pyrrole nitrogens is 1. The molecule has 3 rings (SSSR count). The molecule has 0 amide bonds. The Bertz CT molecular complexity index is 1080. The fourth-order valence-corrected chi connectivity index (χ4v) is 3.11. The third-order valence-electron chi connectivity index (χ3n) is 3.72. The van der Waals surface area contributed by atoms with Crippen LogP contribution in [0.1, 0.15) is 11.1 Å². The number of benzene rings is 2. The van der Waals surface area contributed by atoms with Crippen LogP contribution in [0.2, 0.25) is 10.0 Å². The van der Waals surface area contributed by atoms with Gasteiger partial charge < -0.3 is 9.72 Å². The molecule has 0 aliphatic carbocycles. The Morgan fingerprint density at radius 3 is 2.59 bits per heavy atom. The molecule has 0 atom stereocenters. The summed E-state index contributed by atoms with van der Waals surface area (Å²) >= 11 is 13.5. The van der Waals surface area contributed by atoms with Crippen molar-refractivity contribution in [3.05, 3.63) is 74.0 Å². The molecule has 136 valence electrons. The predicted octanol–water partition coefficient (Wildman–Crippen LogP) is 4.92. The van der Waals surface area contributed by atoms with Gasteiger partial charge in [0.25, 0.3) is 5.56 Å². The van der Waals surface area contributed by atoms with Crippen LogP contribution in [0.4, 0.5) is 0 Å². The van der Waals surface area contributed by atoms with Gasteiger partial charge in [0.15, 0.2) is 5.16 Å². The van der Waals surface area contributed by atoms with Gasteiger partial charge in [0.2, 0.25) is 0 Å². The first-order chi connectivity index (χ1) is 13.0. The van der Waals surface area contributed by atoms with E-state index >= 15 is 0 Å². The van der Waals surface area contributed by atoms with Gasteiger partial charge in [0, 0.05) is 10.6 Å². The Balaban J connectivity index is 1.89. The number of halogens is 2. The van der Waals surface area contributed by atoms with E-state index in [-0.39, 0.29) is 11.3 Å². The second-order valence-electron chi connectivity index (χ2n) is 5.47. The van der Waals surface area contributed by atoms with Crippen LogP contribution in [-0.4, -0.2) is 16.2 Å². The minimum Gasteiger partial charge on any atom is -0.487 e. The normalized spacial score (nSPS) is 10.4. The molecule has 5 nitrogen and oxygen atoms in total. The van der Waals surface area contributed by atoms with E-state index in [1.54, 1.807) is 36.6 Å². The number of ether oxygens (including phenoxy) is 1.